The Morgan fingerprint density at radius 3 is 2.63 bits per heavy atom. The van der Waals surface area contributed by atoms with E-state index in [1.807, 2.05) is 20.8 Å². The molecule has 2 rings (SSSR count). The molecular weight excluding hydrogens is 244 g/mol. The maximum absolute atomic E-state index is 12.0. The maximum Gasteiger partial charge on any atom is 0.357 e. The van der Waals surface area contributed by atoms with Gasteiger partial charge in [0.15, 0.2) is 5.69 Å². The van der Waals surface area contributed by atoms with Gasteiger partial charge in [-0.1, -0.05) is 0 Å². The quantitative estimate of drug-likeness (QED) is 0.771. The fraction of sp³-hybridized carbons (Fsp3) is 0.385. The van der Waals surface area contributed by atoms with Crippen molar-refractivity contribution in [2.24, 2.45) is 0 Å². The standard InChI is InChI=1S/C13H16N4O2/c1-9-7-10(11(18)19-13(2,3)4)16-12(15-9)17-6-5-14-8-17/h5-8H,1-4H3. The van der Waals surface area contributed by atoms with Crippen molar-refractivity contribution in [2.75, 3.05) is 0 Å². The molecule has 19 heavy (non-hydrogen) atoms. The molecule has 0 radical (unpaired) electrons. The summed E-state index contributed by atoms with van der Waals surface area (Å²) in [5.74, 6) is -0.0577. The van der Waals surface area contributed by atoms with Crippen LogP contribution >= 0.6 is 0 Å². The lowest BCUT2D eigenvalue weighted by Crippen LogP contribution is -2.25. The summed E-state index contributed by atoms with van der Waals surface area (Å²) in [4.78, 5) is 24.4. The summed E-state index contributed by atoms with van der Waals surface area (Å²) >= 11 is 0. The summed E-state index contributed by atoms with van der Waals surface area (Å²) < 4.78 is 6.94. The second-order valence-electron chi connectivity index (χ2n) is 5.17. The number of aromatic nitrogens is 4. The van der Waals surface area contributed by atoms with E-state index >= 15 is 0 Å². The molecule has 0 aliphatic rings. The number of imidazole rings is 1. The third-order valence-electron chi connectivity index (χ3n) is 2.19. The summed E-state index contributed by atoms with van der Waals surface area (Å²) in [5, 5.41) is 0. The van der Waals surface area contributed by atoms with E-state index in [1.54, 1.807) is 36.3 Å². The molecule has 2 aromatic heterocycles. The highest BCUT2D eigenvalue weighted by molar-refractivity contribution is 5.87. The highest BCUT2D eigenvalue weighted by atomic mass is 16.6. The fourth-order valence-electron chi connectivity index (χ4n) is 1.48. The number of hydrogen-bond acceptors (Lipinski definition) is 5. The van der Waals surface area contributed by atoms with Crippen LogP contribution in [0.2, 0.25) is 0 Å². The normalized spacial score (nSPS) is 11.4. The molecule has 6 nitrogen and oxygen atoms in total. The molecule has 100 valence electrons. The van der Waals surface area contributed by atoms with Crippen LogP contribution < -0.4 is 0 Å². The van der Waals surface area contributed by atoms with Crippen molar-refractivity contribution in [3.05, 3.63) is 36.2 Å². The minimum atomic E-state index is -0.550. The van der Waals surface area contributed by atoms with Gasteiger partial charge in [0.05, 0.1) is 0 Å². The monoisotopic (exact) mass is 260 g/mol. The van der Waals surface area contributed by atoms with E-state index in [1.165, 1.54) is 0 Å². The minimum absolute atomic E-state index is 0.242. The van der Waals surface area contributed by atoms with E-state index in [4.69, 9.17) is 4.74 Å². The van der Waals surface area contributed by atoms with Crippen molar-refractivity contribution in [3.8, 4) is 5.95 Å². The molecule has 0 fully saturated rings. The van der Waals surface area contributed by atoms with Gasteiger partial charge in [0.25, 0.3) is 0 Å². The van der Waals surface area contributed by atoms with Gasteiger partial charge in [-0.15, -0.1) is 0 Å². The number of carbonyl (C=O) groups is 1. The van der Waals surface area contributed by atoms with Crippen LogP contribution in [-0.2, 0) is 4.74 Å². The molecule has 0 aromatic carbocycles. The molecule has 6 heteroatoms. The van der Waals surface area contributed by atoms with Crippen LogP contribution in [-0.4, -0.2) is 31.1 Å². The van der Waals surface area contributed by atoms with E-state index in [9.17, 15) is 4.79 Å². The Balaban J connectivity index is 2.35. The smallest absolute Gasteiger partial charge is 0.357 e. The van der Waals surface area contributed by atoms with Crippen LogP contribution in [0.25, 0.3) is 5.95 Å². The van der Waals surface area contributed by atoms with Gasteiger partial charge in [-0.2, -0.15) is 0 Å². The van der Waals surface area contributed by atoms with Crippen LogP contribution in [0.1, 0.15) is 37.0 Å². The average molecular weight is 260 g/mol. The lowest BCUT2D eigenvalue weighted by atomic mass is 10.2. The summed E-state index contributed by atoms with van der Waals surface area (Å²) in [6, 6.07) is 1.61. The van der Waals surface area contributed by atoms with Crippen LogP contribution in [0.15, 0.2) is 24.8 Å². The molecule has 2 heterocycles. The largest absolute Gasteiger partial charge is 0.455 e. The van der Waals surface area contributed by atoms with Crippen molar-refractivity contribution >= 4 is 5.97 Å². The SMILES string of the molecule is Cc1cc(C(=O)OC(C)(C)C)nc(-n2ccnc2)n1. The molecule has 0 saturated carbocycles. The van der Waals surface area contributed by atoms with Gasteiger partial charge < -0.3 is 4.74 Å². The van der Waals surface area contributed by atoms with Gasteiger partial charge >= 0.3 is 5.97 Å². The maximum atomic E-state index is 12.0. The Kier molecular flexibility index (Phi) is 3.33. The molecule has 0 spiro atoms. The second-order valence-corrected chi connectivity index (χ2v) is 5.17. The predicted molar refractivity (Wildman–Crippen MR) is 69.1 cm³/mol. The Bertz CT molecular complexity index is 585. The van der Waals surface area contributed by atoms with Crippen molar-refractivity contribution in [1.29, 1.82) is 0 Å². The van der Waals surface area contributed by atoms with Crippen LogP contribution in [0, 0.1) is 6.92 Å². The van der Waals surface area contributed by atoms with Gasteiger partial charge in [-0.3, -0.25) is 4.57 Å². The summed E-state index contributed by atoms with van der Waals surface area (Å²) in [5.41, 5.74) is 0.385. The third kappa shape index (κ3) is 3.37. The van der Waals surface area contributed by atoms with Crippen molar-refractivity contribution < 1.29 is 9.53 Å². The van der Waals surface area contributed by atoms with Gasteiger partial charge in [0.2, 0.25) is 5.95 Å². The lowest BCUT2D eigenvalue weighted by molar-refractivity contribution is 0.00624. The fourth-order valence-corrected chi connectivity index (χ4v) is 1.48. The van der Waals surface area contributed by atoms with Crippen LogP contribution in [0.4, 0.5) is 0 Å². The second kappa shape index (κ2) is 4.79. The molecule has 0 atom stereocenters. The topological polar surface area (TPSA) is 69.9 Å². The number of hydrogen-bond donors (Lipinski definition) is 0. The zero-order chi connectivity index (χ0) is 14.0. The molecule has 0 saturated heterocycles. The lowest BCUT2D eigenvalue weighted by Gasteiger charge is -2.19. The number of rotatable bonds is 2. The Hall–Kier alpha value is -2.24. The van der Waals surface area contributed by atoms with E-state index in [2.05, 4.69) is 15.0 Å². The number of carbonyl (C=O) groups excluding carboxylic acids is 1. The van der Waals surface area contributed by atoms with Crippen LogP contribution in [0.5, 0.6) is 0 Å². The van der Waals surface area contributed by atoms with Crippen molar-refractivity contribution in [2.45, 2.75) is 33.3 Å². The first-order valence-electron chi connectivity index (χ1n) is 5.92. The van der Waals surface area contributed by atoms with Crippen LogP contribution in [0.3, 0.4) is 0 Å². The number of esters is 1. The first-order valence-corrected chi connectivity index (χ1v) is 5.92. The molecule has 0 aliphatic carbocycles. The third-order valence-corrected chi connectivity index (χ3v) is 2.19. The number of aryl methyl sites for hydroxylation is 1. The van der Waals surface area contributed by atoms with Crippen molar-refractivity contribution in [3.63, 3.8) is 0 Å². The van der Waals surface area contributed by atoms with Gasteiger partial charge in [0.1, 0.15) is 11.9 Å². The molecular formula is C13H16N4O2. The Morgan fingerprint density at radius 2 is 2.05 bits per heavy atom. The van der Waals surface area contributed by atoms with E-state index in [0.29, 0.717) is 11.6 Å². The summed E-state index contributed by atoms with van der Waals surface area (Å²) in [6.45, 7) is 7.25. The first kappa shape index (κ1) is 13.2. The zero-order valence-corrected chi connectivity index (χ0v) is 11.4. The number of nitrogens with zero attached hydrogens (tertiary/aromatic N) is 4. The first-order chi connectivity index (χ1) is 8.85. The molecule has 0 N–H and O–H groups in total. The molecule has 2 aromatic rings. The van der Waals surface area contributed by atoms with Gasteiger partial charge in [-0.05, 0) is 33.8 Å². The summed E-state index contributed by atoms with van der Waals surface area (Å²) in [7, 11) is 0. The van der Waals surface area contributed by atoms with E-state index < -0.39 is 11.6 Å². The Labute approximate surface area is 111 Å². The average Bonchev–Trinajstić information content (AvgIpc) is 2.79. The highest BCUT2D eigenvalue weighted by Gasteiger charge is 2.20. The number of ether oxygens (including phenoxy) is 1. The van der Waals surface area contributed by atoms with Gasteiger partial charge in [0, 0.05) is 18.1 Å². The highest BCUT2D eigenvalue weighted by Crippen LogP contribution is 2.12. The molecule has 0 unspecified atom stereocenters. The predicted octanol–water partition coefficient (Wildman–Crippen LogP) is 1.93. The van der Waals surface area contributed by atoms with Gasteiger partial charge in [-0.25, -0.2) is 19.7 Å². The molecule has 0 aliphatic heterocycles. The molecule has 0 bridgehead atoms. The molecule has 0 amide bonds. The summed E-state index contributed by atoms with van der Waals surface area (Å²) in [6.07, 6.45) is 4.92. The van der Waals surface area contributed by atoms with E-state index in [-0.39, 0.29) is 5.69 Å². The van der Waals surface area contributed by atoms with Crippen molar-refractivity contribution in [1.82, 2.24) is 19.5 Å². The Morgan fingerprint density at radius 1 is 1.32 bits per heavy atom. The van der Waals surface area contributed by atoms with E-state index in [0.717, 1.165) is 0 Å². The minimum Gasteiger partial charge on any atom is -0.455 e. The zero-order valence-electron chi connectivity index (χ0n) is 11.4.